The van der Waals surface area contributed by atoms with E-state index in [1.165, 1.54) is 31.5 Å². The molecule has 1 heterocycles. The molecule has 1 N–H and O–H groups in total. The number of hydrogen-bond donors (Lipinski definition) is 1. The van der Waals surface area contributed by atoms with Crippen molar-refractivity contribution in [3.63, 3.8) is 0 Å². The molecule has 0 amide bonds. The van der Waals surface area contributed by atoms with Gasteiger partial charge in [0.15, 0.2) is 11.5 Å². The summed E-state index contributed by atoms with van der Waals surface area (Å²) < 4.78 is 28.2. The lowest BCUT2D eigenvalue weighted by Crippen LogP contribution is -2.29. The molecule has 0 spiro atoms. The van der Waals surface area contributed by atoms with Crippen LogP contribution in [-0.4, -0.2) is 83.0 Å². The lowest BCUT2D eigenvalue weighted by atomic mass is 9.84. The lowest BCUT2D eigenvalue weighted by molar-refractivity contribution is 0.00488. The van der Waals surface area contributed by atoms with E-state index in [9.17, 15) is 5.11 Å². The molecule has 0 bridgehead atoms. The van der Waals surface area contributed by atoms with Crippen LogP contribution in [0.15, 0.2) is 36.4 Å². The van der Waals surface area contributed by atoms with E-state index < -0.39 is 0 Å². The summed E-state index contributed by atoms with van der Waals surface area (Å²) in [7, 11) is 2.19. The smallest absolute Gasteiger partial charge is 0.161 e. The number of likely N-dealkylation sites (tertiary alicyclic amines) is 1. The van der Waals surface area contributed by atoms with Crippen molar-refractivity contribution >= 4 is 0 Å². The zero-order valence-electron chi connectivity index (χ0n) is 24.0. The maximum atomic E-state index is 10.2. The maximum Gasteiger partial charge on any atom is 0.161 e. The van der Waals surface area contributed by atoms with Gasteiger partial charge in [0, 0.05) is 0 Å². The van der Waals surface area contributed by atoms with Gasteiger partial charge in [0.1, 0.15) is 19.0 Å². The Hall–Kier alpha value is -2.32. The van der Waals surface area contributed by atoms with Crippen molar-refractivity contribution in [3.8, 4) is 17.2 Å². The fourth-order valence-corrected chi connectivity index (χ4v) is 4.75. The Morgan fingerprint density at radius 1 is 0.789 bits per heavy atom. The first kappa shape index (κ1) is 30.2. The van der Waals surface area contributed by atoms with E-state index in [-0.39, 0.29) is 11.2 Å². The van der Waals surface area contributed by atoms with Crippen LogP contribution in [0.2, 0.25) is 0 Å². The highest BCUT2D eigenvalue weighted by atomic mass is 16.6. The number of rotatable bonds is 15. The van der Waals surface area contributed by atoms with Crippen molar-refractivity contribution in [2.24, 2.45) is 0 Å². The summed E-state index contributed by atoms with van der Waals surface area (Å²) in [5.74, 6) is 2.20. The summed E-state index contributed by atoms with van der Waals surface area (Å²) >= 11 is 0. The minimum absolute atomic E-state index is 0.0151. The molecule has 0 aromatic heterocycles. The van der Waals surface area contributed by atoms with Gasteiger partial charge >= 0.3 is 0 Å². The summed E-state index contributed by atoms with van der Waals surface area (Å²) in [5, 5.41) is 10.2. The molecule has 0 radical (unpaired) electrons. The van der Waals surface area contributed by atoms with Crippen molar-refractivity contribution in [2.45, 2.75) is 51.9 Å². The fourth-order valence-electron chi connectivity index (χ4n) is 4.75. The van der Waals surface area contributed by atoms with Crippen LogP contribution in [0.3, 0.4) is 0 Å². The van der Waals surface area contributed by atoms with Crippen LogP contribution in [0.1, 0.15) is 56.2 Å². The molecule has 1 saturated heterocycles. The van der Waals surface area contributed by atoms with Crippen LogP contribution in [-0.2, 0) is 19.6 Å². The number of piperidine rings is 1. The predicted octanol–water partition coefficient (Wildman–Crippen LogP) is 5.31. The third-order valence-corrected chi connectivity index (χ3v) is 6.91. The summed E-state index contributed by atoms with van der Waals surface area (Å²) in [5.41, 5.74) is 3.61. The first-order chi connectivity index (χ1) is 18.2. The SMILES string of the molecule is Cc1cc(O)c(OCCOCCOCCOCCOc2ccc(C3CCN(C)CC3)cc2)cc1C(C)(C)C. The molecule has 0 atom stereocenters. The van der Waals surface area contributed by atoms with Crippen LogP contribution in [0.25, 0.3) is 0 Å². The van der Waals surface area contributed by atoms with E-state index >= 15 is 0 Å². The van der Waals surface area contributed by atoms with Crippen LogP contribution in [0.4, 0.5) is 0 Å². The molecule has 3 rings (SSSR count). The third kappa shape index (κ3) is 10.1. The molecule has 1 aliphatic rings. The Morgan fingerprint density at radius 2 is 1.32 bits per heavy atom. The van der Waals surface area contributed by atoms with Gasteiger partial charge in [-0.1, -0.05) is 32.9 Å². The quantitative estimate of drug-likeness (QED) is 0.313. The molecule has 0 saturated carbocycles. The van der Waals surface area contributed by atoms with Crippen molar-refractivity contribution < 1.29 is 28.8 Å². The zero-order valence-corrected chi connectivity index (χ0v) is 24.0. The lowest BCUT2D eigenvalue weighted by Gasteiger charge is -2.29. The highest BCUT2D eigenvalue weighted by Crippen LogP contribution is 2.35. The average Bonchev–Trinajstić information content (AvgIpc) is 2.88. The van der Waals surface area contributed by atoms with E-state index in [1.807, 2.05) is 13.0 Å². The Balaban J connectivity index is 1.16. The van der Waals surface area contributed by atoms with Gasteiger partial charge in [-0.15, -0.1) is 0 Å². The molecule has 0 aliphatic carbocycles. The zero-order chi connectivity index (χ0) is 27.4. The van der Waals surface area contributed by atoms with E-state index in [0.29, 0.717) is 64.5 Å². The number of nitrogens with zero attached hydrogens (tertiary/aromatic N) is 1. The number of phenolic OH excluding ortho intramolecular Hbond substituents is 1. The minimum Gasteiger partial charge on any atom is -0.504 e. The standard InChI is InChI=1S/C31H47NO6/c1-24-22-29(33)30(23-28(24)31(2,3)4)38-21-19-36-17-15-34-14-16-35-18-20-37-27-8-6-25(7-9-27)26-10-12-32(5)13-11-26/h6-9,22-23,26,33H,10-21H2,1-5H3. The fraction of sp³-hybridized carbons (Fsp3) is 0.613. The van der Waals surface area contributed by atoms with Crippen molar-refractivity contribution in [3.05, 3.63) is 53.1 Å². The van der Waals surface area contributed by atoms with Crippen molar-refractivity contribution in [1.29, 1.82) is 0 Å². The topological polar surface area (TPSA) is 69.6 Å². The van der Waals surface area contributed by atoms with Gasteiger partial charge in [-0.05, 0) is 92.2 Å². The van der Waals surface area contributed by atoms with Crippen LogP contribution >= 0.6 is 0 Å². The minimum atomic E-state index is -0.0151. The molecule has 1 fully saturated rings. The first-order valence-electron chi connectivity index (χ1n) is 13.9. The molecule has 1 aliphatic heterocycles. The number of hydrogen-bond acceptors (Lipinski definition) is 7. The van der Waals surface area contributed by atoms with E-state index in [2.05, 4.69) is 57.0 Å². The Bertz CT molecular complexity index is 948. The van der Waals surface area contributed by atoms with Crippen LogP contribution in [0, 0.1) is 6.92 Å². The maximum absolute atomic E-state index is 10.2. The summed E-state index contributed by atoms with van der Waals surface area (Å²) in [4.78, 5) is 2.40. The van der Waals surface area contributed by atoms with Gasteiger partial charge in [-0.3, -0.25) is 0 Å². The number of aryl methyl sites for hydroxylation is 1. The van der Waals surface area contributed by atoms with Crippen LogP contribution in [0.5, 0.6) is 17.2 Å². The highest BCUT2D eigenvalue weighted by molar-refractivity contribution is 5.48. The average molecular weight is 530 g/mol. The monoisotopic (exact) mass is 529 g/mol. The summed E-state index contributed by atoms with van der Waals surface area (Å²) in [6.45, 7) is 14.6. The van der Waals surface area contributed by atoms with Crippen molar-refractivity contribution in [2.75, 3.05) is 73.0 Å². The number of aromatic hydroxyl groups is 1. The van der Waals surface area contributed by atoms with Gasteiger partial charge in [0.25, 0.3) is 0 Å². The van der Waals surface area contributed by atoms with E-state index in [1.54, 1.807) is 6.07 Å². The summed E-state index contributed by atoms with van der Waals surface area (Å²) in [6, 6.07) is 12.2. The van der Waals surface area contributed by atoms with E-state index in [0.717, 1.165) is 16.9 Å². The summed E-state index contributed by atoms with van der Waals surface area (Å²) in [6.07, 6.45) is 2.45. The second kappa shape index (κ2) is 15.3. The predicted molar refractivity (Wildman–Crippen MR) is 151 cm³/mol. The molecule has 212 valence electrons. The first-order valence-corrected chi connectivity index (χ1v) is 13.9. The second-order valence-electron chi connectivity index (χ2n) is 11.1. The van der Waals surface area contributed by atoms with Gasteiger partial charge < -0.3 is 33.7 Å². The Labute approximate surface area is 229 Å². The molecule has 7 heteroatoms. The molecule has 0 unspecified atom stereocenters. The number of benzene rings is 2. The van der Waals surface area contributed by atoms with Crippen molar-refractivity contribution in [1.82, 2.24) is 4.90 Å². The Kier molecular flexibility index (Phi) is 12.2. The third-order valence-electron chi connectivity index (χ3n) is 6.91. The normalized spacial score (nSPS) is 15.1. The van der Waals surface area contributed by atoms with Gasteiger partial charge in [-0.25, -0.2) is 0 Å². The molecule has 2 aromatic rings. The van der Waals surface area contributed by atoms with Gasteiger partial charge in [-0.2, -0.15) is 0 Å². The number of ether oxygens (including phenoxy) is 5. The number of phenols is 1. The van der Waals surface area contributed by atoms with Gasteiger partial charge in [0.05, 0.1) is 39.6 Å². The molecule has 7 nitrogen and oxygen atoms in total. The largest absolute Gasteiger partial charge is 0.504 e. The molecule has 38 heavy (non-hydrogen) atoms. The van der Waals surface area contributed by atoms with E-state index in [4.69, 9.17) is 23.7 Å². The molecule has 2 aromatic carbocycles. The highest BCUT2D eigenvalue weighted by Gasteiger charge is 2.19. The van der Waals surface area contributed by atoms with Gasteiger partial charge in [0.2, 0.25) is 0 Å². The molecular formula is C31H47NO6. The molecular weight excluding hydrogens is 482 g/mol. The second-order valence-corrected chi connectivity index (χ2v) is 11.1. The Morgan fingerprint density at radius 3 is 1.87 bits per heavy atom. The van der Waals surface area contributed by atoms with Crippen LogP contribution < -0.4 is 9.47 Å².